The van der Waals surface area contributed by atoms with E-state index in [1.807, 2.05) is 24.3 Å². The average Bonchev–Trinajstić information content (AvgIpc) is 3.46. The number of rotatable bonds is 11. The highest BCUT2D eigenvalue weighted by Crippen LogP contribution is 2.68. The minimum Gasteiger partial charge on any atom is -0.396 e. The Hall–Kier alpha value is -2.26. The van der Waals surface area contributed by atoms with E-state index in [9.17, 15) is 19.5 Å². The second-order valence-corrected chi connectivity index (χ2v) is 11.7. The Morgan fingerprint density at radius 2 is 1.83 bits per heavy atom. The molecule has 198 valence electrons. The molecule has 3 saturated heterocycles. The molecule has 8 nitrogen and oxygen atoms in total. The van der Waals surface area contributed by atoms with Crippen molar-refractivity contribution in [3.8, 4) is 0 Å². The number of thioether (sulfide) groups is 1. The molecule has 3 amide bonds. The summed E-state index contributed by atoms with van der Waals surface area (Å²) in [6, 6.07) is 7.22. The predicted octanol–water partition coefficient (Wildman–Crippen LogP) is 2.72. The molecule has 1 aromatic carbocycles. The van der Waals surface area contributed by atoms with Crippen LogP contribution < -0.4 is 15.5 Å². The van der Waals surface area contributed by atoms with E-state index in [1.165, 1.54) is 0 Å². The van der Waals surface area contributed by atoms with Crippen molar-refractivity contribution < 1.29 is 19.5 Å². The molecule has 1 spiro atoms. The van der Waals surface area contributed by atoms with Crippen molar-refractivity contribution >= 4 is 40.9 Å². The van der Waals surface area contributed by atoms with Crippen LogP contribution in [0.4, 0.5) is 11.4 Å². The molecular formula is C27H40N4O4S. The second kappa shape index (κ2) is 11.0. The van der Waals surface area contributed by atoms with E-state index in [2.05, 4.69) is 36.3 Å². The number of aliphatic hydroxyl groups is 1. The van der Waals surface area contributed by atoms with Gasteiger partial charge in [-0.15, -0.1) is 11.8 Å². The fourth-order valence-electron chi connectivity index (χ4n) is 6.65. The minimum atomic E-state index is -0.633. The van der Waals surface area contributed by atoms with Crippen LogP contribution in [0, 0.1) is 17.8 Å². The molecule has 0 aromatic heterocycles. The number of unbranched alkanes of at least 4 members (excludes halogenated alkanes) is 2. The first-order valence-corrected chi connectivity index (χ1v) is 14.2. The molecule has 1 aromatic rings. The van der Waals surface area contributed by atoms with Gasteiger partial charge in [0.15, 0.2) is 0 Å². The van der Waals surface area contributed by atoms with E-state index >= 15 is 0 Å². The molecule has 3 fully saturated rings. The number of hydrogen-bond donors (Lipinski definition) is 3. The summed E-state index contributed by atoms with van der Waals surface area (Å²) in [6.45, 7) is 8.73. The minimum absolute atomic E-state index is 0.0501. The summed E-state index contributed by atoms with van der Waals surface area (Å²) in [5.41, 5.74) is 1.81. The van der Waals surface area contributed by atoms with Crippen molar-refractivity contribution in [2.24, 2.45) is 17.8 Å². The Balaban J connectivity index is 1.63. The Labute approximate surface area is 218 Å². The molecule has 4 rings (SSSR count). The van der Waals surface area contributed by atoms with Crippen LogP contribution >= 0.6 is 11.8 Å². The molecule has 3 aliphatic heterocycles. The average molecular weight is 517 g/mol. The van der Waals surface area contributed by atoms with Crippen LogP contribution in [0.25, 0.3) is 0 Å². The standard InChI is InChI=1S/C27H40N4O4S/c1-5-30(6-2)19-12-10-18(11-13-19)29-25(34)23-27-17(3)16-20(36-27)21(24(33)28-4)22(27)26(35)31(23)14-8-7-9-15-32/h10-13,17,20-23,32H,5-9,14-16H2,1-4H3,(H,28,33)(H,29,34)/t17?,20-,21+,22+,23?,27?/m1/s1. The maximum absolute atomic E-state index is 13.9. The van der Waals surface area contributed by atoms with Gasteiger partial charge in [0.25, 0.3) is 0 Å². The Kier molecular flexibility index (Phi) is 8.19. The lowest BCUT2D eigenvalue weighted by molar-refractivity contribution is -0.139. The SMILES string of the molecule is CCN(CC)c1ccc(NC(=O)C2N(CCCCCO)C(=O)[C@@H]3[C@@H](C(=O)NC)[C@H]4CC(C)C23S4)cc1. The highest BCUT2D eigenvalue weighted by Gasteiger charge is 2.75. The van der Waals surface area contributed by atoms with Crippen molar-refractivity contribution in [2.75, 3.05) is 43.5 Å². The molecule has 9 heteroatoms. The highest BCUT2D eigenvalue weighted by atomic mass is 32.2. The normalized spacial score (nSPS) is 30.4. The number of hydrogen-bond acceptors (Lipinski definition) is 6. The quantitative estimate of drug-likeness (QED) is 0.391. The largest absolute Gasteiger partial charge is 0.396 e. The Morgan fingerprint density at radius 3 is 2.44 bits per heavy atom. The molecule has 36 heavy (non-hydrogen) atoms. The lowest BCUT2D eigenvalue weighted by atomic mass is 9.66. The smallest absolute Gasteiger partial charge is 0.248 e. The topological polar surface area (TPSA) is 102 Å². The van der Waals surface area contributed by atoms with Gasteiger partial charge in [0.2, 0.25) is 17.7 Å². The van der Waals surface area contributed by atoms with E-state index < -0.39 is 22.6 Å². The molecule has 0 radical (unpaired) electrons. The first kappa shape index (κ1) is 26.8. The van der Waals surface area contributed by atoms with Gasteiger partial charge in [0.05, 0.1) is 16.6 Å². The summed E-state index contributed by atoms with van der Waals surface area (Å²) in [4.78, 5) is 44.7. The van der Waals surface area contributed by atoms with Crippen LogP contribution in [-0.2, 0) is 14.4 Å². The summed E-state index contributed by atoms with van der Waals surface area (Å²) in [5.74, 6) is -1.12. The highest BCUT2D eigenvalue weighted by molar-refractivity contribution is 8.02. The molecule has 3 unspecified atom stereocenters. The zero-order valence-corrected chi connectivity index (χ0v) is 22.6. The van der Waals surface area contributed by atoms with Crippen LogP contribution in [0.15, 0.2) is 24.3 Å². The molecule has 3 aliphatic rings. The number of benzene rings is 1. The molecule has 0 aliphatic carbocycles. The van der Waals surface area contributed by atoms with Gasteiger partial charge < -0.3 is 25.5 Å². The monoisotopic (exact) mass is 516 g/mol. The maximum Gasteiger partial charge on any atom is 0.248 e. The first-order valence-electron chi connectivity index (χ1n) is 13.3. The number of nitrogens with zero attached hydrogens (tertiary/aromatic N) is 2. The summed E-state index contributed by atoms with van der Waals surface area (Å²) < 4.78 is -0.610. The van der Waals surface area contributed by atoms with Gasteiger partial charge in [-0.25, -0.2) is 0 Å². The summed E-state index contributed by atoms with van der Waals surface area (Å²) >= 11 is 1.69. The zero-order chi connectivity index (χ0) is 26.0. The van der Waals surface area contributed by atoms with Crippen molar-refractivity contribution in [3.63, 3.8) is 0 Å². The molecule has 6 atom stereocenters. The third kappa shape index (κ3) is 4.38. The molecule has 0 saturated carbocycles. The molecular weight excluding hydrogens is 476 g/mol. The van der Waals surface area contributed by atoms with E-state index in [4.69, 9.17) is 0 Å². The van der Waals surface area contributed by atoms with Crippen LogP contribution in [-0.4, -0.2) is 77.1 Å². The third-order valence-electron chi connectivity index (χ3n) is 8.36. The summed E-state index contributed by atoms with van der Waals surface area (Å²) in [5, 5.41) is 15.1. The van der Waals surface area contributed by atoms with Crippen molar-refractivity contribution in [2.45, 2.75) is 62.5 Å². The Bertz CT molecular complexity index is 969. The lowest BCUT2D eigenvalue weighted by Crippen LogP contribution is -2.55. The van der Waals surface area contributed by atoms with Gasteiger partial charge in [0.1, 0.15) is 6.04 Å². The van der Waals surface area contributed by atoms with Gasteiger partial charge in [-0.05, 0) is 69.7 Å². The number of carbonyl (C=O) groups is 3. The molecule has 3 heterocycles. The van der Waals surface area contributed by atoms with Gasteiger partial charge in [0, 0.05) is 49.9 Å². The third-order valence-corrected chi connectivity index (χ3v) is 10.4. The van der Waals surface area contributed by atoms with Gasteiger partial charge in [-0.2, -0.15) is 0 Å². The molecule has 2 bridgehead atoms. The number of nitrogens with one attached hydrogen (secondary N) is 2. The zero-order valence-electron chi connectivity index (χ0n) is 21.8. The van der Waals surface area contributed by atoms with Crippen molar-refractivity contribution in [1.82, 2.24) is 10.2 Å². The maximum atomic E-state index is 13.9. The van der Waals surface area contributed by atoms with Crippen LogP contribution in [0.1, 0.15) is 46.5 Å². The van der Waals surface area contributed by atoms with E-state index in [0.29, 0.717) is 25.1 Å². The summed E-state index contributed by atoms with van der Waals surface area (Å²) in [7, 11) is 1.62. The van der Waals surface area contributed by atoms with Crippen LogP contribution in [0.2, 0.25) is 0 Å². The number of fused-ring (bicyclic) bond motifs is 1. The second-order valence-electron chi connectivity index (χ2n) is 10.2. The Morgan fingerprint density at radius 1 is 1.14 bits per heavy atom. The van der Waals surface area contributed by atoms with Gasteiger partial charge >= 0.3 is 0 Å². The van der Waals surface area contributed by atoms with Crippen LogP contribution in [0.5, 0.6) is 0 Å². The van der Waals surface area contributed by atoms with E-state index in [1.54, 1.807) is 23.7 Å². The number of carbonyl (C=O) groups excluding carboxylic acids is 3. The van der Waals surface area contributed by atoms with Crippen molar-refractivity contribution in [3.05, 3.63) is 24.3 Å². The van der Waals surface area contributed by atoms with E-state index in [-0.39, 0.29) is 35.5 Å². The van der Waals surface area contributed by atoms with Gasteiger partial charge in [-0.3, -0.25) is 14.4 Å². The van der Waals surface area contributed by atoms with Crippen molar-refractivity contribution in [1.29, 1.82) is 0 Å². The fraction of sp³-hybridized carbons (Fsp3) is 0.667. The number of aliphatic hydroxyl groups excluding tert-OH is 1. The predicted molar refractivity (Wildman–Crippen MR) is 144 cm³/mol. The number of likely N-dealkylation sites (tertiary alicyclic amines) is 1. The lowest BCUT2D eigenvalue weighted by Gasteiger charge is -2.38. The number of anilines is 2. The summed E-state index contributed by atoms with van der Waals surface area (Å²) in [6.07, 6.45) is 2.99. The van der Waals surface area contributed by atoms with E-state index in [0.717, 1.165) is 31.6 Å². The number of amides is 3. The first-order chi connectivity index (χ1) is 17.3. The van der Waals surface area contributed by atoms with Gasteiger partial charge in [-0.1, -0.05) is 6.92 Å². The van der Waals surface area contributed by atoms with Crippen LogP contribution in [0.3, 0.4) is 0 Å². The molecule has 3 N–H and O–H groups in total. The fourth-order valence-corrected chi connectivity index (χ4v) is 9.07.